The molecule has 1 heterocycles. The zero-order valence-corrected chi connectivity index (χ0v) is 10.9. The third-order valence-electron chi connectivity index (χ3n) is 1.78. The largest absolute Gasteiger partial charge is 0.468 e. The minimum Gasteiger partial charge on any atom is -0.468 e. The molecule has 1 aromatic rings. The quantitative estimate of drug-likeness (QED) is 0.678. The van der Waals surface area contributed by atoms with Gasteiger partial charge in [-0.25, -0.2) is 4.98 Å². The van der Waals surface area contributed by atoms with Crippen LogP contribution in [0.25, 0.3) is 0 Å². The number of methoxy groups -OCH3 is 1. The number of esters is 1. The molecule has 0 radical (unpaired) electrons. The highest BCUT2D eigenvalue weighted by Gasteiger charge is 2.15. The summed E-state index contributed by atoms with van der Waals surface area (Å²) in [6.45, 7) is 0. The normalized spacial score (nSPS) is 10.7. The summed E-state index contributed by atoms with van der Waals surface area (Å²) >= 11 is 5.80. The molecule has 1 atom stereocenters. The minimum absolute atomic E-state index is 0. The summed E-state index contributed by atoms with van der Waals surface area (Å²) < 4.78 is 4.50. The molecule has 0 amide bonds. The van der Waals surface area contributed by atoms with Gasteiger partial charge in [-0.05, 0) is 11.6 Å². The molecule has 0 saturated carbocycles. The molecule has 0 spiro atoms. The SMILES string of the molecule is COC(=O)[C@H](N)Cc1cccnc1Cl.Cl.Cl. The molecule has 0 saturated heterocycles. The van der Waals surface area contributed by atoms with Gasteiger partial charge in [0.1, 0.15) is 11.2 Å². The van der Waals surface area contributed by atoms with Gasteiger partial charge in [-0.2, -0.15) is 0 Å². The van der Waals surface area contributed by atoms with E-state index in [0.717, 1.165) is 5.56 Å². The summed E-state index contributed by atoms with van der Waals surface area (Å²) in [7, 11) is 1.30. The first-order chi connectivity index (χ1) is 6.65. The molecule has 0 aliphatic heterocycles. The van der Waals surface area contributed by atoms with Gasteiger partial charge in [0.15, 0.2) is 0 Å². The molecule has 7 heteroatoms. The summed E-state index contributed by atoms with van der Waals surface area (Å²) in [6.07, 6.45) is 1.91. The molecule has 0 unspecified atom stereocenters. The van der Waals surface area contributed by atoms with Crippen LogP contribution in [-0.2, 0) is 16.0 Å². The number of nitrogens with zero attached hydrogens (tertiary/aromatic N) is 1. The van der Waals surface area contributed by atoms with Crippen LogP contribution in [0.1, 0.15) is 5.56 Å². The molecule has 2 N–H and O–H groups in total. The van der Waals surface area contributed by atoms with E-state index >= 15 is 0 Å². The van der Waals surface area contributed by atoms with E-state index in [1.165, 1.54) is 7.11 Å². The van der Waals surface area contributed by atoms with Gasteiger partial charge >= 0.3 is 5.97 Å². The molecule has 4 nitrogen and oxygen atoms in total. The Morgan fingerprint density at radius 1 is 1.62 bits per heavy atom. The van der Waals surface area contributed by atoms with Crippen molar-refractivity contribution in [1.82, 2.24) is 4.98 Å². The van der Waals surface area contributed by atoms with Crippen molar-refractivity contribution in [2.24, 2.45) is 5.73 Å². The van der Waals surface area contributed by atoms with Gasteiger partial charge < -0.3 is 10.5 Å². The Morgan fingerprint density at radius 2 is 2.25 bits per heavy atom. The Labute approximate surface area is 111 Å². The van der Waals surface area contributed by atoms with Crippen molar-refractivity contribution in [3.8, 4) is 0 Å². The van der Waals surface area contributed by atoms with Crippen LogP contribution in [0.2, 0.25) is 5.15 Å². The summed E-state index contributed by atoms with van der Waals surface area (Å²) in [5.74, 6) is -0.454. The average molecular weight is 288 g/mol. The molecule has 0 bridgehead atoms. The predicted octanol–water partition coefficient (Wildman–Crippen LogP) is 1.62. The number of rotatable bonds is 3. The second-order valence-electron chi connectivity index (χ2n) is 2.79. The molecule has 1 rings (SSSR count). The maximum Gasteiger partial charge on any atom is 0.322 e. The van der Waals surface area contributed by atoms with Crippen molar-refractivity contribution in [1.29, 1.82) is 0 Å². The number of carbonyl (C=O) groups is 1. The van der Waals surface area contributed by atoms with Gasteiger partial charge in [0, 0.05) is 12.6 Å². The first kappa shape index (κ1) is 17.8. The number of carbonyl (C=O) groups excluding carboxylic acids is 1. The van der Waals surface area contributed by atoms with Crippen LogP contribution in [0.15, 0.2) is 18.3 Å². The van der Waals surface area contributed by atoms with E-state index in [0.29, 0.717) is 11.6 Å². The molecular weight excluding hydrogens is 274 g/mol. The number of nitrogens with two attached hydrogens (primary N) is 1. The van der Waals surface area contributed by atoms with E-state index in [9.17, 15) is 4.79 Å². The van der Waals surface area contributed by atoms with Gasteiger partial charge in [-0.1, -0.05) is 17.7 Å². The Balaban J connectivity index is 0. The zero-order valence-electron chi connectivity index (χ0n) is 8.55. The third-order valence-corrected chi connectivity index (χ3v) is 2.12. The first-order valence-corrected chi connectivity index (χ1v) is 4.45. The van der Waals surface area contributed by atoms with Crippen molar-refractivity contribution in [2.45, 2.75) is 12.5 Å². The lowest BCUT2D eigenvalue weighted by Gasteiger charge is -2.09. The molecule has 16 heavy (non-hydrogen) atoms. The van der Waals surface area contributed by atoms with Gasteiger partial charge in [0.05, 0.1) is 7.11 Å². The van der Waals surface area contributed by atoms with Crippen molar-refractivity contribution in [3.63, 3.8) is 0 Å². The van der Waals surface area contributed by atoms with Crippen molar-refractivity contribution in [3.05, 3.63) is 29.0 Å². The number of halogens is 3. The molecule has 0 fully saturated rings. The van der Waals surface area contributed by atoms with Crippen LogP contribution in [0.3, 0.4) is 0 Å². The summed E-state index contributed by atoms with van der Waals surface area (Å²) in [5, 5.41) is 0.367. The van der Waals surface area contributed by atoms with E-state index in [1.807, 2.05) is 0 Å². The molecule has 0 aliphatic carbocycles. The second kappa shape index (κ2) is 8.58. The van der Waals surface area contributed by atoms with E-state index in [1.54, 1.807) is 18.3 Å². The first-order valence-electron chi connectivity index (χ1n) is 4.08. The van der Waals surface area contributed by atoms with Gasteiger partial charge in [-0.3, -0.25) is 4.79 Å². The Hall–Kier alpha value is -0.550. The van der Waals surface area contributed by atoms with Gasteiger partial charge in [0.2, 0.25) is 0 Å². The fourth-order valence-electron chi connectivity index (χ4n) is 1.04. The fraction of sp³-hybridized carbons (Fsp3) is 0.333. The Morgan fingerprint density at radius 3 is 2.75 bits per heavy atom. The molecule has 92 valence electrons. The highest BCUT2D eigenvalue weighted by Crippen LogP contribution is 2.13. The van der Waals surface area contributed by atoms with Crippen LogP contribution in [0.5, 0.6) is 0 Å². The molecule has 0 aliphatic rings. The minimum atomic E-state index is -0.693. The number of hydrogen-bond donors (Lipinski definition) is 1. The smallest absolute Gasteiger partial charge is 0.322 e. The highest BCUT2D eigenvalue weighted by molar-refractivity contribution is 6.30. The number of aromatic nitrogens is 1. The number of pyridine rings is 1. The van der Waals surface area contributed by atoms with E-state index in [-0.39, 0.29) is 24.8 Å². The topological polar surface area (TPSA) is 65.2 Å². The molecule has 0 aromatic carbocycles. The van der Waals surface area contributed by atoms with Crippen LogP contribution in [0.4, 0.5) is 0 Å². The lowest BCUT2D eigenvalue weighted by atomic mass is 10.1. The maximum atomic E-state index is 11.0. The predicted molar refractivity (Wildman–Crippen MR) is 67.4 cm³/mol. The summed E-state index contributed by atoms with van der Waals surface area (Å²) in [6, 6.07) is 2.82. The van der Waals surface area contributed by atoms with E-state index in [2.05, 4.69) is 9.72 Å². The lowest BCUT2D eigenvalue weighted by molar-refractivity contribution is -0.142. The monoisotopic (exact) mass is 286 g/mol. The van der Waals surface area contributed by atoms with Crippen molar-refractivity contribution < 1.29 is 9.53 Å². The summed E-state index contributed by atoms with van der Waals surface area (Å²) in [5.41, 5.74) is 6.31. The highest BCUT2D eigenvalue weighted by atomic mass is 35.5. The Bertz CT molecular complexity index is 336. The summed E-state index contributed by atoms with van der Waals surface area (Å²) in [4.78, 5) is 14.9. The van der Waals surface area contributed by atoms with Crippen LogP contribution in [-0.4, -0.2) is 24.1 Å². The van der Waals surface area contributed by atoms with Crippen LogP contribution >= 0.6 is 36.4 Å². The second-order valence-corrected chi connectivity index (χ2v) is 3.15. The van der Waals surface area contributed by atoms with E-state index < -0.39 is 12.0 Å². The maximum absolute atomic E-state index is 11.0. The average Bonchev–Trinajstić information content (AvgIpc) is 2.20. The lowest BCUT2D eigenvalue weighted by Crippen LogP contribution is -2.33. The Kier molecular flexibility index (Phi) is 9.57. The number of ether oxygens (including phenoxy) is 1. The van der Waals surface area contributed by atoms with Gasteiger partial charge in [-0.15, -0.1) is 24.8 Å². The fourth-order valence-corrected chi connectivity index (χ4v) is 1.24. The van der Waals surface area contributed by atoms with Crippen LogP contribution in [0, 0.1) is 0 Å². The molecule has 1 aromatic heterocycles. The zero-order chi connectivity index (χ0) is 10.6. The third kappa shape index (κ3) is 4.99. The van der Waals surface area contributed by atoms with Crippen molar-refractivity contribution in [2.75, 3.05) is 7.11 Å². The number of hydrogen-bond acceptors (Lipinski definition) is 4. The van der Waals surface area contributed by atoms with Crippen LogP contribution < -0.4 is 5.73 Å². The van der Waals surface area contributed by atoms with Crippen molar-refractivity contribution >= 4 is 42.4 Å². The molecular formula is C9H13Cl3N2O2. The van der Waals surface area contributed by atoms with E-state index in [4.69, 9.17) is 17.3 Å². The standard InChI is InChI=1S/C9H11ClN2O2.2ClH/c1-14-9(13)7(11)5-6-3-2-4-12-8(6)10;;/h2-4,7H,5,11H2,1H3;2*1H/t7-;;/m1../s1. The van der Waals surface area contributed by atoms with Gasteiger partial charge in [0.25, 0.3) is 0 Å².